The molecule has 216 valence electrons. The van der Waals surface area contributed by atoms with Gasteiger partial charge in [-0.15, -0.1) is 22.7 Å². The highest BCUT2D eigenvalue weighted by Crippen LogP contribution is 2.42. The molecule has 0 unspecified atom stereocenters. The summed E-state index contributed by atoms with van der Waals surface area (Å²) in [5.41, 5.74) is 7.70. The first kappa shape index (κ1) is 26.2. The molecule has 8 aromatic carbocycles. The first-order chi connectivity index (χ1) is 22.6. The van der Waals surface area contributed by atoms with Crippen molar-refractivity contribution in [3.63, 3.8) is 0 Å². The van der Waals surface area contributed by atoms with E-state index in [1.807, 2.05) is 22.7 Å². The van der Waals surface area contributed by atoms with Gasteiger partial charge in [-0.25, -0.2) is 0 Å². The number of aryl methyl sites for hydroxylation is 2. The normalized spacial score (nSPS) is 12.1. The number of hydrogen-bond donors (Lipinski definition) is 0. The molecule has 10 aromatic rings. The molecule has 2 heterocycles. The zero-order chi connectivity index (χ0) is 30.5. The molecule has 46 heavy (non-hydrogen) atoms. The minimum atomic E-state index is 1.26. The molecule has 0 spiro atoms. The third kappa shape index (κ3) is 3.84. The van der Waals surface area contributed by atoms with Crippen molar-refractivity contribution in [3.05, 3.63) is 145 Å². The quantitative estimate of drug-likeness (QED) is 0.169. The zero-order valence-electron chi connectivity index (χ0n) is 25.5. The largest absolute Gasteiger partial charge is 0.135 e. The van der Waals surface area contributed by atoms with Crippen LogP contribution in [-0.4, -0.2) is 0 Å². The summed E-state index contributed by atoms with van der Waals surface area (Å²) < 4.78 is 5.37. The molecule has 0 fully saturated rings. The maximum Gasteiger partial charge on any atom is 0.0355 e. The van der Waals surface area contributed by atoms with E-state index in [9.17, 15) is 0 Å². The highest BCUT2D eigenvalue weighted by Gasteiger charge is 2.14. The van der Waals surface area contributed by atoms with Crippen molar-refractivity contribution < 1.29 is 0 Å². The molecule has 0 saturated carbocycles. The van der Waals surface area contributed by atoms with Crippen molar-refractivity contribution in [3.8, 4) is 22.3 Å². The lowest BCUT2D eigenvalue weighted by molar-refractivity contribution is 1.37. The lowest BCUT2D eigenvalue weighted by Gasteiger charge is -2.15. The van der Waals surface area contributed by atoms with Crippen LogP contribution in [-0.2, 0) is 0 Å². The van der Waals surface area contributed by atoms with Gasteiger partial charge >= 0.3 is 0 Å². The second-order valence-electron chi connectivity index (χ2n) is 12.6. The standard InChI is InChI=1S/C44H28S2/c1-25-19-35-31-15-11-27(29-13-17-43-39(23-29)33-7-3-5-9-41(33)45-43)21-37(31)38-22-28(12-16-32(38)36(35)20-26(25)2)30-14-18-44-40(24-30)34-8-4-6-10-42(34)46-44/h3-24H,1-2H3. The van der Waals surface area contributed by atoms with Crippen molar-refractivity contribution in [1.29, 1.82) is 0 Å². The van der Waals surface area contributed by atoms with Gasteiger partial charge in [0.1, 0.15) is 0 Å². The summed E-state index contributed by atoms with van der Waals surface area (Å²) in [6, 6.07) is 50.5. The second kappa shape index (κ2) is 9.74. The Balaban J connectivity index is 1.24. The van der Waals surface area contributed by atoms with Gasteiger partial charge < -0.3 is 0 Å². The van der Waals surface area contributed by atoms with Crippen molar-refractivity contribution in [1.82, 2.24) is 0 Å². The fourth-order valence-electron chi connectivity index (χ4n) is 7.44. The van der Waals surface area contributed by atoms with E-state index in [1.54, 1.807) is 0 Å². The predicted molar refractivity (Wildman–Crippen MR) is 205 cm³/mol. The van der Waals surface area contributed by atoms with Crippen molar-refractivity contribution >= 4 is 95.3 Å². The SMILES string of the molecule is Cc1cc2c3ccc(-c4ccc5sc6ccccc6c5c4)cc3c3cc(-c4ccc5sc6ccccc6c5c4)ccc3c2cc1C. The van der Waals surface area contributed by atoms with E-state index >= 15 is 0 Å². The Bertz CT molecular complexity index is 2680. The molecule has 0 radical (unpaired) electrons. The Kier molecular flexibility index (Phi) is 5.55. The smallest absolute Gasteiger partial charge is 0.0355 e. The summed E-state index contributed by atoms with van der Waals surface area (Å²) >= 11 is 3.75. The zero-order valence-corrected chi connectivity index (χ0v) is 27.2. The minimum absolute atomic E-state index is 1.26. The van der Waals surface area contributed by atoms with Gasteiger partial charge in [0, 0.05) is 40.3 Å². The number of rotatable bonds is 2. The van der Waals surface area contributed by atoms with Gasteiger partial charge in [-0.3, -0.25) is 0 Å². The summed E-state index contributed by atoms with van der Waals surface area (Å²) in [6.45, 7) is 4.46. The Morgan fingerprint density at radius 1 is 0.283 bits per heavy atom. The Morgan fingerprint density at radius 3 is 1.09 bits per heavy atom. The van der Waals surface area contributed by atoms with Gasteiger partial charge in [0.05, 0.1) is 0 Å². The lowest BCUT2D eigenvalue weighted by atomic mass is 9.88. The average molecular weight is 621 g/mol. The van der Waals surface area contributed by atoms with E-state index in [2.05, 4.69) is 147 Å². The molecular formula is C44H28S2. The van der Waals surface area contributed by atoms with Crippen molar-refractivity contribution in [2.45, 2.75) is 13.8 Å². The van der Waals surface area contributed by atoms with E-state index in [1.165, 1.54) is 106 Å². The summed E-state index contributed by atoms with van der Waals surface area (Å²) in [6.07, 6.45) is 0. The fraction of sp³-hybridized carbons (Fsp3) is 0.0455. The third-order valence-corrected chi connectivity index (χ3v) is 12.3. The monoisotopic (exact) mass is 620 g/mol. The van der Waals surface area contributed by atoms with Crippen LogP contribution in [0.5, 0.6) is 0 Å². The predicted octanol–water partition coefficient (Wildman–Crippen LogP) is 13.8. The van der Waals surface area contributed by atoms with E-state index < -0.39 is 0 Å². The fourth-order valence-corrected chi connectivity index (χ4v) is 9.61. The van der Waals surface area contributed by atoms with Gasteiger partial charge in [-0.2, -0.15) is 0 Å². The van der Waals surface area contributed by atoms with Gasteiger partial charge in [-0.1, -0.05) is 84.9 Å². The maximum atomic E-state index is 2.43. The molecule has 0 aliphatic rings. The van der Waals surface area contributed by atoms with Crippen LogP contribution in [0, 0.1) is 13.8 Å². The molecule has 0 aliphatic carbocycles. The van der Waals surface area contributed by atoms with E-state index in [0.717, 1.165) is 0 Å². The van der Waals surface area contributed by atoms with Crippen LogP contribution >= 0.6 is 22.7 Å². The van der Waals surface area contributed by atoms with Gasteiger partial charge in [0.15, 0.2) is 0 Å². The van der Waals surface area contributed by atoms with Crippen molar-refractivity contribution in [2.24, 2.45) is 0 Å². The topological polar surface area (TPSA) is 0 Å². The Hall–Kier alpha value is -5.02. The molecular weight excluding hydrogens is 593 g/mol. The molecule has 2 aromatic heterocycles. The third-order valence-electron chi connectivity index (χ3n) is 9.96. The number of hydrogen-bond acceptors (Lipinski definition) is 2. The van der Waals surface area contributed by atoms with Crippen LogP contribution in [0.2, 0.25) is 0 Å². The Labute approximate surface area is 274 Å². The highest BCUT2D eigenvalue weighted by atomic mass is 32.1. The average Bonchev–Trinajstić information content (AvgIpc) is 3.66. The van der Waals surface area contributed by atoms with E-state index in [0.29, 0.717) is 0 Å². The summed E-state index contributed by atoms with van der Waals surface area (Å²) in [5, 5.41) is 13.3. The van der Waals surface area contributed by atoms with Crippen molar-refractivity contribution in [2.75, 3.05) is 0 Å². The van der Waals surface area contributed by atoms with Gasteiger partial charge in [0.25, 0.3) is 0 Å². The first-order valence-electron chi connectivity index (χ1n) is 15.8. The van der Waals surface area contributed by atoms with Crippen LogP contribution < -0.4 is 0 Å². The molecule has 10 rings (SSSR count). The maximum absolute atomic E-state index is 2.43. The van der Waals surface area contributed by atoms with Gasteiger partial charge in [-0.05, 0) is 128 Å². The summed E-state index contributed by atoms with van der Waals surface area (Å²) in [4.78, 5) is 0. The first-order valence-corrected chi connectivity index (χ1v) is 17.5. The lowest BCUT2D eigenvalue weighted by Crippen LogP contribution is -1.89. The number of benzene rings is 8. The molecule has 0 amide bonds. The minimum Gasteiger partial charge on any atom is -0.135 e. The van der Waals surface area contributed by atoms with Crippen LogP contribution in [0.3, 0.4) is 0 Å². The molecule has 2 heteroatoms. The number of thiophene rings is 2. The number of fused-ring (bicyclic) bond motifs is 12. The van der Waals surface area contributed by atoms with Gasteiger partial charge in [0.2, 0.25) is 0 Å². The van der Waals surface area contributed by atoms with Crippen LogP contribution in [0.4, 0.5) is 0 Å². The molecule has 0 saturated heterocycles. The molecule has 0 atom stereocenters. The van der Waals surface area contributed by atoms with Crippen LogP contribution in [0.25, 0.3) is 94.9 Å². The summed E-state index contributed by atoms with van der Waals surface area (Å²) in [5.74, 6) is 0. The molecule has 0 aliphatic heterocycles. The molecule has 0 N–H and O–H groups in total. The van der Waals surface area contributed by atoms with E-state index in [-0.39, 0.29) is 0 Å². The van der Waals surface area contributed by atoms with Crippen LogP contribution in [0.1, 0.15) is 11.1 Å². The van der Waals surface area contributed by atoms with E-state index in [4.69, 9.17) is 0 Å². The highest BCUT2D eigenvalue weighted by molar-refractivity contribution is 7.26. The van der Waals surface area contributed by atoms with Crippen LogP contribution in [0.15, 0.2) is 133 Å². The molecule has 0 nitrogen and oxygen atoms in total. The molecule has 0 bridgehead atoms. The summed E-state index contributed by atoms with van der Waals surface area (Å²) in [7, 11) is 0. The second-order valence-corrected chi connectivity index (χ2v) is 14.8. The Morgan fingerprint density at radius 2 is 0.630 bits per heavy atom.